The van der Waals surface area contributed by atoms with Crippen molar-refractivity contribution in [3.8, 4) is 0 Å². The largest absolute Gasteiger partial charge is 0.351 e. The zero-order chi connectivity index (χ0) is 10.1. The highest BCUT2D eigenvalue weighted by molar-refractivity contribution is 7.17. The number of hydrogen-bond donors (Lipinski definition) is 2. The van der Waals surface area contributed by atoms with Crippen molar-refractivity contribution in [2.45, 2.75) is 6.92 Å². The quantitative estimate of drug-likeness (QED) is 0.740. The number of nitrogens with two attached hydrogens (primary N) is 1. The highest BCUT2D eigenvalue weighted by atomic mass is 32.1. The molecule has 0 fully saturated rings. The maximum absolute atomic E-state index is 10.6. The van der Waals surface area contributed by atoms with Gasteiger partial charge in [0.1, 0.15) is 0 Å². The lowest BCUT2D eigenvalue weighted by atomic mass is 10.2. The third kappa shape index (κ3) is 1.56. The molecule has 4 heteroatoms. The molecule has 0 atom stereocenters. The summed E-state index contributed by atoms with van der Waals surface area (Å²) in [5.41, 5.74) is 7.03. The fraction of sp³-hybridized carbons (Fsp3) is 0.100. The number of carbonyl (C=O) groups is 1. The van der Waals surface area contributed by atoms with E-state index in [1.165, 1.54) is 10.9 Å². The van der Waals surface area contributed by atoms with Crippen LogP contribution in [-0.4, -0.2) is 6.03 Å². The van der Waals surface area contributed by atoms with E-state index in [1.807, 2.05) is 18.2 Å². The Morgan fingerprint density at radius 3 is 3.00 bits per heavy atom. The molecule has 1 heterocycles. The molecule has 1 aromatic carbocycles. The Hall–Kier alpha value is -1.55. The van der Waals surface area contributed by atoms with Gasteiger partial charge in [0.05, 0.1) is 0 Å². The molecule has 1 aromatic heterocycles. The van der Waals surface area contributed by atoms with Crippen molar-refractivity contribution in [1.29, 1.82) is 0 Å². The van der Waals surface area contributed by atoms with Gasteiger partial charge in [0.15, 0.2) is 0 Å². The number of benzene rings is 1. The predicted molar refractivity (Wildman–Crippen MR) is 59.8 cm³/mol. The highest BCUT2D eigenvalue weighted by Gasteiger charge is 2.01. The first-order valence-electron chi connectivity index (χ1n) is 4.21. The van der Waals surface area contributed by atoms with E-state index in [2.05, 4.69) is 17.6 Å². The molecule has 0 spiro atoms. The van der Waals surface area contributed by atoms with E-state index in [0.717, 1.165) is 10.4 Å². The van der Waals surface area contributed by atoms with Crippen molar-refractivity contribution >= 4 is 33.1 Å². The maximum atomic E-state index is 10.6. The normalized spacial score (nSPS) is 10.4. The Labute approximate surface area is 85.5 Å². The number of amides is 2. The Kier molecular flexibility index (Phi) is 2.13. The van der Waals surface area contributed by atoms with E-state index in [1.54, 1.807) is 11.3 Å². The Balaban J connectivity index is 2.46. The van der Waals surface area contributed by atoms with Gasteiger partial charge in [0.2, 0.25) is 0 Å². The molecule has 0 bridgehead atoms. The number of hydrogen-bond acceptors (Lipinski definition) is 2. The van der Waals surface area contributed by atoms with E-state index in [0.29, 0.717) is 0 Å². The molecule has 0 saturated carbocycles. The van der Waals surface area contributed by atoms with Crippen LogP contribution in [0.1, 0.15) is 5.56 Å². The summed E-state index contributed by atoms with van der Waals surface area (Å²) < 4.78 is 1.16. The number of fused-ring (bicyclic) bond motifs is 1. The van der Waals surface area contributed by atoms with Crippen LogP contribution in [0.5, 0.6) is 0 Å². The number of carbonyl (C=O) groups excluding carboxylic acids is 1. The molecule has 2 amide bonds. The fourth-order valence-electron chi connectivity index (χ4n) is 1.38. The molecular weight excluding hydrogens is 196 g/mol. The van der Waals surface area contributed by atoms with Gasteiger partial charge in [-0.15, -0.1) is 11.3 Å². The third-order valence-corrected chi connectivity index (χ3v) is 3.10. The zero-order valence-corrected chi connectivity index (χ0v) is 8.52. The first kappa shape index (κ1) is 9.02. The van der Waals surface area contributed by atoms with Crippen LogP contribution in [0.25, 0.3) is 10.1 Å². The molecule has 14 heavy (non-hydrogen) atoms. The molecule has 2 aromatic rings. The van der Waals surface area contributed by atoms with Gasteiger partial charge in [0.25, 0.3) is 0 Å². The van der Waals surface area contributed by atoms with Gasteiger partial charge in [-0.3, -0.25) is 0 Å². The maximum Gasteiger partial charge on any atom is 0.316 e. The molecule has 72 valence electrons. The van der Waals surface area contributed by atoms with E-state index >= 15 is 0 Å². The summed E-state index contributed by atoms with van der Waals surface area (Å²) in [5.74, 6) is 0. The van der Waals surface area contributed by atoms with Gasteiger partial charge in [0, 0.05) is 10.4 Å². The molecule has 3 N–H and O–H groups in total. The van der Waals surface area contributed by atoms with Crippen molar-refractivity contribution in [3.05, 3.63) is 29.1 Å². The average molecular weight is 206 g/mol. The summed E-state index contributed by atoms with van der Waals surface area (Å²) in [7, 11) is 0. The molecule has 0 radical (unpaired) electrons. The van der Waals surface area contributed by atoms with Crippen LogP contribution in [0.2, 0.25) is 0 Å². The van der Waals surface area contributed by atoms with E-state index in [4.69, 9.17) is 5.73 Å². The standard InChI is InChI=1S/C10H10N2OS/c1-6-5-14-9-4-7(12-10(11)13)2-3-8(6)9/h2-5H,1H3,(H3,11,12,13). The lowest BCUT2D eigenvalue weighted by Gasteiger charge is -2.00. The molecule has 0 aliphatic heterocycles. The van der Waals surface area contributed by atoms with Crippen molar-refractivity contribution in [2.24, 2.45) is 5.73 Å². The number of anilines is 1. The van der Waals surface area contributed by atoms with Crippen LogP contribution in [0.3, 0.4) is 0 Å². The number of nitrogens with one attached hydrogen (secondary N) is 1. The van der Waals surface area contributed by atoms with Crippen LogP contribution >= 0.6 is 11.3 Å². The van der Waals surface area contributed by atoms with Crippen molar-refractivity contribution < 1.29 is 4.79 Å². The van der Waals surface area contributed by atoms with Gasteiger partial charge < -0.3 is 11.1 Å². The minimum absolute atomic E-state index is 0.530. The summed E-state index contributed by atoms with van der Waals surface area (Å²) in [5, 5.41) is 5.87. The summed E-state index contributed by atoms with van der Waals surface area (Å²) in [6.07, 6.45) is 0. The summed E-state index contributed by atoms with van der Waals surface area (Å²) in [6, 6.07) is 5.24. The predicted octanol–water partition coefficient (Wildman–Crippen LogP) is 2.70. The minimum atomic E-state index is -0.530. The first-order valence-corrected chi connectivity index (χ1v) is 5.09. The summed E-state index contributed by atoms with van der Waals surface area (Å²) >= 11 is 1.66. The Morgan fingerprint density at radius 2 is 2.29 bits per heavy atom. The highest BCUT2D eigenvalue weighted by Crippen LogP contribution is 2.27. The Morgan fingerprint density at radius 1 is 1.50 bits per heavy atom. The molecule has 0 saturated heterocycles. The number of aryl methyl sites for hydroxylation is 1. The molecule has 0 aliphatic rings. The van der Waals surface area contributed by atoms with Crippen LogP contribution in [-0.2, 0) is 0 Å². The average Bonchev–Trinajstić information content (AvgIpc) is 2.46. The van der Waals surface area contributed by atoms with E-state index in [9.17, 15) is 4.79 Å². The third-order valence-electron chi connectivity index (χ3n) is 2.04. The summed E-state index contributed by atoms with van der Waals surface area (Å²) in [6.45, 7) is 2.07. The second kappa shape index (κ2) is 3.31. The minimum Gasteiger partial charge on any atom is -0.351 e. The molecular formula is C10H10N2OS. The summed E-state index contributed by atoms with van der Waals surface area (Å²) in [4.78, 5) is 10.6. The molecule has 0 unspecified atom stereocenters. The van der Waals surface area contributed by atoms with Crippen LogP contribution < -0.4 is 11.1 Å². The monoisotopic (exact) mass is 206 g/mol. The van der Waals surface area contributed by atoms with Gasteiger partial charge in [-0.25, -0.2) is 4.79 Å². The zero-order valence-electron chi connectivity index (χ0n) is 7.70. The number of thiophene rings is 1. The topological polar surface area (TPSA) is 55.1 Å². The van der Waals surface area contributed by atoms with Crippen molar-refractivity contribution in [2.75, 3.05) is 5.32 Å². The molecule has 3 nitrogen and oxygen atoms in total. The molecule has 0 aliphatic carbocycles. The van der Waals surface area contributed by atoms with Gasteiger partial charge in [-0.2, -0.15) is 0 Å². The van der Waals surface area contributed by atoms with Crippen LogP contribution in [0.4, 0.5) is 10.5 Å². The van der Waals surface area contributed by atoms with Crippen molar-refractivity contribution in [3.63, 3.8) is 0 Å². The molecule has 2 rings (SSSR count). The second-order valence-corrected chi connectivity index (χ2v) is 4.03. The number of urea groups is 1. The van der Waals surface area contributed by atoms with E-state index in [-0.39, 0.29) is 0 Å². The van der Waals surface area contributed by atoms with Gasteiger partial charge in [-0.05, 0) is 35.4 Å². The van der Waals surface area contributed by atoms with Gasteiger partial charge >= 0.3 is 6.03 Å². The fourth-order valence-corrected chi connectivity index (χ4v) is 2.36. The van der Waals surface area contributed by atoms with Gasteiger partial charge in [-0.1, -0.05) is 6.07 Å². The van der Waals surface area contributed by atoms with E-state index < -0.39 is 6.03 Å². The Bertz CT molecular complexity index is 490. The number of primary amides is 1. The lowest BCUT2D eigenvalue weighted by molar-refractivity contribution is 0.259. The van der Waals surface area contributed by atoms with Crippen LogP contribution in [0.15, 0.2) is 23.6 Å². The lowest BCUT2D eigenvalue weighted by Crippen LogP contribution is -2.19. The first-order chi connectivity index (χ1) is 6.66. The van der Waals surface area contributed by atoms with Crippen molar-refractivity contribution in [1.82, 2.24) is 0 Å². The second-order valence-electron chi connectivity index (χ2n) is 3.12. The number of rotatable bonds is 1. The van der Waals surface area contributed by atoms with Crippen LogP contribution in [0, 0.1) is 6.92 Å². The smallest absolute Gasteiger partial charge is 0.316 e. The SMILES string of the molecule is Cc1csc2cc(NC(N)=O)ccc12.